The summed E-state index contributed by atoms with van der Waals surface area (Å²) >= 11 is 0. The second-order valence-electron chi connectivity index (χ2n) is 3.73. The number of hydrogen-bond donors (Lipinski definition) is 1. The smallest absolute Gasteiger partial charge is 0.221 e. The number of ether oxygens (including phenoxy) is 3. The number of rotatable bonds is 7. The number of amides is 1. The van der Waals surface area contributed by atoms with Crippen LogP contribution in [0.15, 0.2) is 24.3 Å². The maximum atomic E-state index is 10.8. The lowest BCUT2D eigenvalue weighted by Crippen LogP contribution is -2.15. The van der Waals surface area contributed by atoms with Crippen molar-refractivity contribution in [2.24, 2.45) is 0 Å². The van der Waals surface area contributed by atoms with Gasteiger partial charge in [0, 0.05) is 19.7 Å². The van der Waals surface area contributed by atoms with Gasteiger partial charge in [0.25, 0.3) is 0 Å². The second-order valence-corrected chi connectivity index (χ2v) is 3.73. The molecule has 1 aromatic rings. The first-order valence-electron chi connectivity index (χ1n) is 5.76. The first kappa shape index (κ1) is 14.5. The van der Waals surface area contributed by atoms with Gasteiger partial charge in [0.05, 0.1) is 6.61 Å². The third-order valence-electron chi connectivity index (χ3n) is 2.21. The highest BCUT2D eigenvalue weighted by molar-refractivity contribution is 5.88. The second kappa shape index (κ2) is 7.68. The molecule has 0 aromatic heterocycles. The van der Waals surface area contributed by atoms with Crippen molar-refractivity contribution in [2.45, 2.75) is 20.1 Å². The van der Waals surface area contributed by atoms with Gasteiger partial charge in [0.15, 0.2) is 6.29 Å². The van der Waals surface area contributed by atoms with Crippen molar-refractivity contribution in [2.75, 3.05) is 25.6 Å². The van der Waals surface area contributed by atoms with Crippen LogP contribution in [0.4, 0.5) is 5.69 Å². The highest BCUT2D eigenvalue weighted by Gasteiger charge is 1.99. The number of carbonyl (C=O) groups excluding carboxylic acids is 1. The minimum atomic E-state index is -0.226. The molecule has 1 atom stereocenters. The topological polar surface area (TPSA) is 56.8 Å². The molecule has 0 fully saturated rings. The van der Waals surface area contributed by atoms with Crippen LogP contribution in [0.5, 0.6) is 5.75 Å². The van der Waals surface area contributed by atoms with Crippen LogP contribution in [0.2, 0.25) is 0 Å². The summed E-state index contributed by atoms with van der Waals surface area (Å²) in [7, 11) is 1.59. The zero-order valence-corrected chi connectivity index (χ0v) is 10.9. The van der Waals surface area contributed by atoms with Crippen LogP contribution < -0.4 is 10.1 Å². The Kier molecular flexibility index (Phi) is 6.18. The van der Waals surface area contributed by atoms with Crippen LogP contribution in [-0.4, -0.2) is 32.5 Å². The molecule has 0 saturated carbocycles. The molecule has 1 rings (SSSR count). The molecule has 0 heterocycles. The lowest BCUT2D eigenvalue weighted by Gasteiger charge is -2.11. The Labute approximate surface area is 107 Å². The van der Waals surface area contributed by atoms with Crippen molar-refractivity contribution in [1.82, 2.24) is 0 Å². The first-order valence-corrected chi connectivity index (χ1v) is 5.76. The zero-order chi connectivity index (χ0) is 13.4. The Morgan fingerprint density at radius 1 is 1.28 bits per heavy atom. The Balaban J connectivity index is 2.28. The molecule has 1 unspecified atom stereocenters. The molecule has 0 spiro atoms. The van der Waals surface area contributed by atoms with Crippen molar-refractivity contribution < 1.29 is 19.0 Å². The normalized spacial score (nSPS) is 11.9. The number of nitrogens with one attached hydrogen (secondary N) is 1. The molecule has 0 radical (unpaired) electrons. The molecule has 1 aromatic carbocycles. The molecule has 0 saturated heterocycles. The maximum absolute atomic E-state index is 10.8. The van der Waals surface area contributed by atoms with Crippen LogP contribution in [0.3, 0.4) is 0 Å². The number of carbonyl (C=O) groups is 1. The Morgan fingerprint density at radius 2 is 1.94 bits per heavy atom. The molecule has 5 nitrogen and oxygen atoms in total. The summed E-state index contributed by atoms with van der Waals surface area (Å²) in [6.45, 7) is 4.20. The predicted octanol–water partition coefficient (Wildman–Crippen LogP) is 2.03. The van der Waals surface area contributed by atoms with Gasteiger partial charge < -0.3 is 19.5 Å². The molecule has 1 N–H and O–H groups in total. The van der Waals surface area contributed by atoms with E-state index in [1.54, 1.807) is 31.4 Å². The van der Waals surface area contributed by atoms with Crippen LogP contribution in [0.25, 0.3) is 0 Å². The van der Waals surface area contributed by atoms with E-state index in [1.165, 1.54) is 6.92 Å². The van der Waals surface area contributed by atoms with E-state index >= 15 is 0 Å². The lowest BCUT2D eigenvalue weighted by atomic mass is 10.3. The average Bonchev–Trinajstić information content (AvgIpc) is 2.35. The number of anilines is 1. The fourth-order valence-electron chi connectivity index (χ4n) is 1.28. The highest BCUT2D eigenvalue weighted by atomic mass is 16.7. The summed E-state index contributed by atoms with van der Waals surface area (Å²) < 4.78 is 15.7. The van der Waals surface area contributed by atoms with E-state index in [2.05, 4.69) is 5.32 Å². The Bertz CT molecular complexity index is 364. The van der Waals surface area contributed by atoms with Crippen LogP contribution in [0.1, 0.15) is 13.8 Å². The van der Waals surface area contributed by atoms with Gasteiger partial charge >= 0.3 is 0 Å². The maximum Gasteiger partial charge on any atom is 0.221 e. The van der Waals surface area contributed by atoms with Gasteiger partial charge in [-0.3, -0.25) is 4.79 Å². The van der Waals surface area contributed by atoms with E-state index in [0.717, 1.165) is 11.4 Å². The third kappa shape index (κ3) is 5.65. The van der Waals surface area contributed by atoms with Crippen molar-refractivity contribution >= 4 is 11.6 Å². The van der Waals surface area contributed by atoms with Gasteiger partial charge in [-0.05, 0) is 31.2 Å². The molecule has 18 heavy (non-hydrogen) atoms. The average molecular weight is 253 g/mol. The van der Waals surface area contributed by atoms with Gasteiger partial charge in [-0.2, -0.15) is 0 Å². The van der Waals surface area contributed by atoms with Gasteiger partial charge in [-0.1, -0.05) is 0 Å². The predicted molar refractivity (Wildman–Crippen MR) is 68.7 cm³/mol. The number of hydrogen-bond acceptors (Lipinski definition) is 4. The fourth-order valence-corrected chi connectivity index (χ4v) is 1.28. The van der Waals surface area contributed by atoms with E-state index in [0.29, 0.717) is 13.2 Å². The van der Waals surface area contributed by atoms with E-state index in [4.69, 9.17) is 14.2 Å². The summed E-state index contributed by atoms with van der Waals surface area (Å²) in [6.07, 6.45) is -0.226. The molecule has 0 bridgehead atoms. The van der Waals surface area contributed by atoms with Crippen LogP contribution >= 0.6 is 0 Å². The van der Waals surface area contributed by atoms with E-state index in [-0.39, 0.29) is 12.2 Å². The minimum Gasteiger partial charge on any atom is -0.491 e. The van der Waals surface area contributed by atoms with Gasteiger partial charge in [-0.15, -0.1) is 0 Å². The highest BCUT2D eigenvalue weighted by Crippen LogP contribution is 2.15. The first-order chi connectivity index (χ1) is 8.61. The molecular weight excluding hydrogens is 234 g/mol. The summed E-state index contributed by atoms with van der Waals surface area (Å²) in [5.41, 5.74) is 0.749. The molecule has 0 aliphatic heterocycles. The summed E-state index contributed by atoms with van der Waals surface area (Å²) in [5, 5.41) is 2.69. The van der Waals surface area contributed by atoms with Crippen LogP contribution in [0, 0.1) is 0 Å². The molecule has 0 aliphatic rings. The lowest BCUT2D eigenvalue weighted by molar-refractivity contribution is -0.115. The van der Waals surface area contributed by atoms with E-state index < -0.39 is 0 Å². The van der Waals surface area contributed by atoms with Crippen molar-refractivity contribution in [3.05, 3.63) is 24.3 Å². The SMILES string of the molecule is COC(C)OCCOc1ccc(NC(C)=O)cc1. The van der Waals surface area contributed by atoms with Gasteiger partial charge in [-0.25, -0.2) is 0 Å². The quantitative estimate of drug-likeness (QED) is 0.596. The summed E-state index contributed by atoms with van der Waals surface area (Å²) in [5.74, 6) is 0.642. The van der Waals surface area contributed by atoms with E-state index in [9.17, 15) is 4.79 Å². The third-order valence-corrected chi connectivity index (χ3v) is 2.21. The molecule has 0 aliphatic carbocycles. The summed E-state index contributed by atoms with van der Waals surface area (Å²) in [6, 6.07) is 7.17. The van der Waals surface area contributed by atoms with Crippen molar-refractivity contribution in [1.29, 1.82) is 0 Å². The number of methoxy groups -OCH3 is 1. The Hall–Kier alpha value is -1.59. The molecule has 5 heteroatoms. The largest absolute Gasteiger partial charge is 0.491 e. The monoisotopic (exact) mass is 253 g/mol. The van der Waals surface area contributed by atoms with Gasteiger partial charge in [0.1, 0.15) is 12.4 Å². The zero-order valence-electron chi connectivity index (χ0n) is 10.9. The van der Waals surface area contributed by atoms with Crippen LogP contribution in [-0.2, 0) is 14.3 Å². The standard InChI is InChI=1S/C13H19NO4/c1-10(15)14-12-4-6-13(7-5-12)18-9-8-17-11(2)16-3/h4-7,11H,8-9H2,1-3H3,(H,14,15). The minimum absolute atomic E-state index is 0.0920. The fraction of sp³-hybridized carbons (Fsp3) is 0.462. The molecular formula is C13H19NO4. The number of benzene rings is 1. The van der Waals surface area contributed by atoms with E-state index in [1.807, 2.05) is 6.92 Å². The van der Waals surface area contributed by atoms with Gasteiger partial charge in [0.2, 0.25) is 5.91 Å². The summed E-state index contributed by atoms with van der Waals surface area (Å²) in [4.78, 5) is 10.8. The van der Waals surface area contributed by atoms with Crippen molar-refractivity contribution in [3.63, 3.8) is 0 Å². The molecule has 100 valence electrons. The van der Waals surface area contributed by atoms with Crippen molar-refractivity contribution in [3.8, 4) is 5.75 Å². The molecule has 1 amide bonds. The Morgan fingerprint density at radius 3 is 2.50 bits per heavy atom.